The second-order valence-electron chi connectivity index (χ2n) is 4.40. The molecule has 5 nitrogen and oxygen atoms in total. The van der Waals surface area contributed by atoms with Crippen molar-refractivity contribution in [2.24, 2.45) is 11.3 Å². The molecule has 18 heavy (non-hydrogen) atoms. The SMILES string of the molecule is CC(C)(COc1cc(Cl)ccc1C#N)C(=O)NN. The van der Waals surface area contributed by atoms with Crippen LogP contribution in [0.4, 0.5) is 0 Å². The summed E-state index contributed by atoms with van der Waals surface area (Å²) in [6, 6.07) is 6.70. The fourth-order valence-electron chi connectivity index (χ4n) is 1.23. The van der Waals surface area contributed by atoms with Gasteiger partial charge in [0.2, 0.25) is 5.91 Å². The van der Waals surface area contributed by atoms with Gasteiger partial charge in [0.15, 0.2) is 0 Å². The van der Waals surface area contributed by atoms with E-state index >= 15 is 0 Å². The van der Waals surface area contributed by atoms with E-state index in [-0.39, 0.29) is 12.5 Å². The number of hydrogen-bond donors (Lipinski definition) is 2. The summed E-state index contributed by atoms with van der Waals surface area (Å²) >= 11 is 5.82. The molecule has 0 atom stereocenters. The number of nitriles is 1. The number of hydrogen-bond acceptors (Lipinski definition) is 4. The summed E-state index contributed by atoms with van der Waals surface area (Å²) < 4.78 is 5.47. The van der Waals surface area contributed by atoms with E-state index < -0.39 is 5.41 Å². The van der Waals surface area contributed by atoms with Crippen molar-refractivity contribution in [1.29, 1.82) is 5.26 Å². The number of amides is 1. The molecule has 0 bridgehead atoms. The number of carbonyl (C=O) groups excluding carboxylic acids is 1. The summed E-state index contributed by atoms with van der Waals surface area (Å²) in [5.74, 6) is 5.08. The first kappa shape index (κ1) is 14.3. The van der Waals surface area contributed by atoms with Crippen LogP contribution in [0.25, 0.3) is 0 Å². The van der Waals surface area contributed by atoms with Crippen LogP contribution in [0.15, 0.2) is 18.2 Å². The molecule has 96 valence electrons. The molecule has 0 saturated heterocycles. The summed E-state index contributed by atoms with van der Waals surface area (Å²) in [7, 11) is 0. The van der Waals surface area contributed by atoms with Crippen molar-refractivity contribution in [3.8, 4) is 11.8 Å². The van der Waals surface area contributed by atoms with Crippen molar-refractivity contribution in [3.63, 3.8) is 0 Å². The average Bonchev–Trinajstić information content (AvgIpc) is 2.35. The number of nitrogens with two attached hydrogens (primary N) is 1. The van der Waals surface area contributed by atoms with Crippen molar-refractivity contribution in [1.82, 2.24) is 5.43 Å². The Bertz CT molecular complexity index is 495. The smallest absolute Gasteiger partial charge is 0.242 e. The van der Waals surface area contributed by atoms with Gasteiger partial charge in [-0.25, -0.2) is 5.84 Å². The van der Waals surface area contributed by atoms with E-state index in [0.29, 0.717) is 16.3 Å². The standard InChI is InChI=1S/C12H14ClN3O2/c1-12(2,11(17)16-15)7-18-10-5-9(13)4-3-8(10)6-14/h3-5H,7,15H2,1-2H3,(H,16,17). The van der Waals surface area contributed by atoms with Gasteiger partial charge in [-0.15, -0.1) is 0 Å². The predicted molar refractivity (Wildman–Crippen MR) is 67.8 cm³/mol. The highest BCUT2D eigenvalue weighted by Crippen LogP contribution is 2.25. The van der Waals surface area contributed by atoms with Gasteiger partial charge < -0.3 is 4.74 Å². The maximum Gasteiger partial charge on any atom is 0.242 e. The van der Waals surface area contributed by atoms with Gasteiger partial charge in [-0.05, 0) is 26.0 Å². The Morgan fingerprint density at radius 3 is 2.83 bits per heavy atom. The molecule has 0 spiro atoms. The summed E-state index contributed by atoms with van der Waals surface area (Å²) in [5, 5.41) is 9.38. The molecule has 0 unspecified atom stereocenters. The number of nitrogens with zero attached hydrogens (tertiary/aromatic N) is 1. The van der Waals surface area contributed by atoms with Crippen molar-refractivity contribution >= 4 is 17.5 Å². The molecule has 0 saturated carbocycles. The minimum Gasteiger partial charge on any atom is -0.491 e. The van der Waals surface area contributed by atoms with E-state index in [1.807, 2.05) is 6.07 Å². The van der Waals surface area contributed by atoms with Crippen LogP contribution in [-0.2, 0) is 4.79 Å². The van der Waals surface area contributed by atoms with Gasteiger partial charge in [-0.3, -0.25) is 10.2 Å². The molecule has 0 aliphatic rings. The highest BCUT2D eigenvalue weighted by Gasteiger charge is 2.28. The summed E-state index contributed by atoms with van der Waals surface area (Å²) in [5.41, 5.74) is 1.63. The fraction of sp³-hybridized carbons (Fsp3) is 0.333. The van der Waals surface area contributed by atoms with Crippen molar-refractivity contribution in [3.05, 3.63) is 28.8 Å². The molecule has 0 heterocycles. The minimum atomic E-state index is -0.802. The van der Waals surface area contributed by atoms with Crippen LogP contribution in [0.1, 0.15) is 19.4 Å². The highest BCUT2D eigenvalue weighted by atomic mass is 35.5. The maximum atomic E-state index is 11.5. The van der Waals surface area contributed by atoms with Crippen LogP contribution in [-0.4, -0.2) is 12.5 Å². The lowest BCUT2D eigenvalue weighted by molar-refractivity contribution is -0.130. The van der Waals surface area contributed by atoms with E-state index in [2.05, 4.69) is 5.43 Å². The Kier molecular flexibility index (Phi) is 4.54. The van der Waals surface area contributed by atoms with Gasteiger partial charge in [0.25, 0.3) is 0 Å². The van der Waals surface area contributed by atoms with Gasteiger partial charge in [-0.2, -0.15) is 5.26 Å². The van der Waals surface area contributed by atoms with E-state index in [0.717, 1.165) is 0 Å². The largest absolute Gasteiger partial charge is 0.491 e. The summed E-state index contributed by atoms with van der Waals surface area (Å²) in [6.07, 6.45) is 0. The highest BCUT2D eigenvalue weighted by molar-refractivity contribution is 6.30. The first-order valence-corrected chi connectivity index (χ1v) is 5.62. The summed E-state index contributed by atoms with van der Waals surface area (Å²) in [6.45, 7) is 3.46. The average molecular weight is 268 g/mol. The second kappa shape index (κ2) is 5.71. The number of rotatable bonds is 4. The van der Waals surface area contributed by atoms with Gasteiger partial charge in [0.1, 0.15) is 18.4 Å². The first-order valence-electron chi connectivity index (χ1n) is 5.24. The lowest BCUT2D eigenvalue weighted by atomic mass is 9.94. The molecule has 1 rings (SSSR count). The van der Waals surface area contributed by atoms with Gasteiger partial charge in [0, 0.05) is 11.1 Å². The third-order valence-electron chi connectivity index (χ3n) is 2.40. The lowest BCUT2D eigenvalue weighted by Crippen LogP contribution is -2.44. The lowest BCUT2D eigenvalue weighted by Gasteiger charge is -2.22. The predicted octanol–water partition coefficient (Wildman–Crippen LogP) is 1.61. The third kappa shape index (κ3) is 3.36. The Morgan fingerprint density at radius 1 is 1.61 bits per heavy atom. The molecule has 6 heteroatoms. The zero-order chi connectivity index (χ0) is 13.8. The Labute approximate surface area is 110 Å². The fourth-order valence-corrected chi connectivity index (χ4v) is 1.39. The van der Waals surface area contributed by atoms with Crippen LogP contribution < -0.4 is 16.0 Å². The number of benzene rings is 1. The number of nitrogens with one attached hydrogen (secondary N) is 1. The number of carbonyl (C=O) groups is 1. The minimum absolute atomic E-state index is 0.0883. The molecule has 0 aliphatic carbocycles. The van der Waals surface area contributed by atoms with Gasteiger partial charge >= 0.3 is 0 Å². The zero-order valence-electron chi connectivity index (χ0n) is 10.2. The van der Waals surface area contributed by atoms with Crippen LogP contribution >= 0.6 is 11.6 Å². The molecular weight excluding hydrogens is 254 g/mol. The molecule has 1 aromatic carbocycles. The van der Waals surface area contributed by atoms with Gasteiger partial charge in [0.05, 0.1) is 11.0 Å². The van der Waals surface area contributed by atoms with Crippen LogP contribution in [0, 0.1) is 16.7 Å². The molecule has 3 N–H and O–H groups in total. The topological polar surface area (TPSA) is 88.1 Å². The van der Waals surface area contributed by atoms with Crippen LogP contribution in [0.3, 0.4) is 0 Å². The second-order valence-corrected chi connectivity index (χ2v) is 4.83. The van der Waals surface area contributed by atoms with Crippen molar-refractivity contribution in [2.75, 3.05) is 6.61 Å². The number of ether oxygens (including phenoxy) is 1. The van der Waals surface area contributed by atoms with E-state index in [9.17, 15) is 4.79 Å². The van der Waals surface area contributed by atoms with Crippen LogP contribution in [0.2, 0.25) is 5.02 Å². The normalized spacial score (nSPS) is 10.6. The molecule has 1 amide bonds. The van der Waals surface area contributed by atoms with E-state index in [1.54, 1.807) is 26.0 Å². The van der Waals surface area contributed by atoms with E-state index in [1.165, 1.54) is 6.07 Å². The van der Waals surface area contributed by atoms with E-state index in [4.69, 9.17) is 27.4 Å². The first-order chi connectivity index (χ1) is 8.40. The van der Waals surface area contributed by atoms with Gasteiger partial charge in [-0.1, -0.05) is 11.6 Å². The molecule has 0 fully saturated rings. The Morgan fingerprint density at radius 2 is 2.28 bits per heavy atom. The maximum absolute atomic E-state index is 11.5. The van der Waals surface area contributed by atoms with Crippen molar-refractivity contribution in [2.45, 2.75) is 13.8 Å². The van der Waals surface area contributed by atoms with Crippen molar-refractivity contribution < 1.29 is 9.53 Å². The van der Waals surface area contributed by atoms with Crippen LogP contribution in [0.5, 0.6) is 5.75 Å². The molecular formula is C12H14ClN3O2. The molecule has 0 aromatic heterocycles. The molecule has 1 aromatic rings. The Hall–Kier alpha value is -1.77. The quantitative estimate of drug-likeness (QED) is 0.493. The monoisotopic (exact) mass is 267 g/mol. The zero-order valence-corrected chi connectivity index (χ0v) is 10.9. The Balaban J connectivity index is 2.84. The summed E-state index contributed by atoms with van der Waals surface area (Å²) in [4.78, 5) is 11.5. The molecule has 0 radical (unpaired) electrons. The third-order valence-corrected chi connectivity index (χ3v) is 2.63. The number of halogens is 1. The molecule has 0 aliphatic heterocycles. The number of hydrazine groups is 1.